The predicted molar refractivity (Wildman–Crippen MR) is 81.8 cm³/mol. The van der Waals surface area contributed by atoms with Crippen LogP contribution >= 0.6 is 11.6 Å². The number of halogens is 1. The van der Waals surface area contributed by atoms with Crippen molar-refractivity contribution in [3.8, 4) is 0 Å². The zero-order chi connectivity index (χ0) is 13.1. The molecule has 0 atom stereocenters. The Kier molecular flexibility index (Phi) is 3.74. The van der Waals surface area contributed by atoms with Crippen molar-refractivity contribution in [2.45, 2.75) is 31.7 Å². The average molecular weight is 272 g/mol. The van der Waals surface area contributed by atoms with Gasteiger partial charge in [0.1, 0.15) is 0 Å². The summed E-state index contributed by atoms with van der Waals surface area (Å²) in [6, 6.07) is 15.1. The van der Waals surface area contributed by atoms with Crippen molar-refractivity contribution in [1.82, 2.24) is 0 Å². The second kappa shape index (κ2) is 5.66. The summed E-state index contributed by atoms with van der Waals surface area (Å²) in [5.74, 6) is 0.549. The number of aryl methyl sites for hydroxylation is 2. The van der Waals surface area contributed by atoms with Gasteiger partial charge >= 0.3 is 0 Å². The molecular weight excluding hydrogens is 254 g/mol. The summed E-state index contributed by atoms with van der Waals surface area (Å²) in [4.78, 5) is 0. The molecule has 0 amide bonds. The maximum absolute atomic E-state index is 5.95. The molecule has 0 heterocycles. The number of anilines is 1. The molecule has 0 spiro atoms. The van der Waals surface area contributed by atoms with Crippen LogP contribution in [-0.2, 0) is 25.3 Å². The van der Waals surface area contributed by atoms with Crippen LogP contribution in [0.2, 0.25) is 0 Å². The van der Waals surface area contributed by atoms with E-state index in [0.717, 1.165) is 17.8 Å². The van der Waals surface area contributed by atoms with E-state index in [-0.39, 0.29) is 0 Å². The van der Waals surface area contributed by atoms with Crippen molar-refractivity contribution in [3.05, 3.63) is 64.7 Å². The number of rotatable bonds is 4. The van der Waals surface area contributed by atoms with Crippen molar-refractivity contribution < 1.29 is 0 Å². The Hall–Kier alpha value is -1.47. The van der Waals surface area contributed by atoms with Gasteiger partial charge in [0.05, 0.1) is 0 Å². The Morgan fingerprint density at radius 2 is 1.84 bits per heavy atom. The van der Waals surface area contributed by atoms with Gasteiger partial charge in [-0.15, -0.1) is 11.6 Å². The maximum atomic E-state index is 5.95. The number of para-hydroxylation sites is 1. The van der Waals surface area contributed by atoms with Gasteiger partial charge in [-0.1, -0.05) is 36.4 Å². The third kappa shape index (κ3) is 2.76. The van der Waals surface area contributed by atoms with E-state index >= 15 is 0 Å². The molecule has 19 heavy (non-hydrogen) atoms. The highest BCUT2D eigenvalue weighted by Gasteiger charge is 2.10. The van der Waals surface area contributed by atoms with E-state index < -0.39 is 0 Å². The number of nitrogens with one attached hydrogen (secondary N) is 1. The first kappa shape index (κ1) is 12.6. The third-order valence-corrected chi connectivity index (χ3v) is 4.10. The van der Waals surface area contributed by atoms with Gasteiger partial charge in [0.2, 0.25) is 0 Å². The minimum absolute atomic E-state index is 0.549. The Balaban J connectivity index is 1.72. The lowest BCUT2D eigenvalue weighted by Crippen LogP contribution is -2.02. The minimum Gasteiger partial charge on any atom is -0.381 e. The standard InChI is InChI=1S/C17H18ClN/c18-11-16-4-1-2-7-17(16)19-12-13-8-9-14-5-3-6-15(14)10-13/h1-2,4,7-10,19H,3,5-6,11-12H2. The van der Waals surface area contributed by atoms with E-state index in [9.17, 15) is 0 Å². The first-order valence-corrected chi connectivity index (χ1v) is 7.38. The van der Waals surface area contributed by atoms with Crippen LogP contribution in [0.1, 0.15) is 28.7 Å². The normalized spacial score (nSPS) is 13.3. The number of hydrogen-bond donors (Lipinski definition) is 1. The Morgan fingerprint density at radius 1 is 1.00 bits per heavy atom. The van der Waals surface area contributed by atoms with Gasteiger partial charge in [-0.3, -0.25) is 0 Å². The number of benzene rings is 2. The molecule has 98 valence electrons. The second-order valence-corrected chi connectivity index (χ2v) is 5.37. The molecule has 0 aromatic heterocycles. The van der Waals surface area contributed by atoms with Gasteiger partial charge in [0.15, 0.2) is 0 Å². The zero-order valence-corrected chi connectivity index (χ0v) is 11.7. The molecule has 0 unspecified atom stereocenters. The Labute approximate surface area is 119 Å². The quantitative estimate of drug-likeness (QED) is 0.806. The van der Waals surface area contributed by atoms with Gasteiger partial charge in [-0.25, -0.2) is 0 Å². The van der Waals surface area contributed by atoms with Crippen LogP contribution in [-0.4, -0.2) is 0 Å². The number of fused-ring (bicyclic) bond motifs is 1. The van der Waals surface area contributed by atoms with E-state index in [1.54, 1.807) is 0 Å². The smallest absolute Gasteiger partial charge is 0.0494 e. The number of alkyl halides is 1. The monoisotopic (exact) mass is 271 g/mol. The molecule has 2 aromatic carbocycles. The molecule has 0 saturated heterocycles. The molecule has 1 aliphatic rings. The van der Waals surface area contributed by atoms with Crippen LogP contribution in [0.25, 0.3) is 0 Å². The topological polar surface area (TPSA) is 12.0 Å². The Bertz CT molecular complexity index is 577. The fraction of sp³-hybridized carbons (Fsp3) is 0.294. The van der Waals surface area contributed by atoms with Gasteiger partial charge in [-0.05, 0) is 47.6 Å². The van der Waals surface area contributed by atoms with Crippen molar-refractivity contribution in [1.29, 1.82) is 0 Å². The number of hydrogen-bond acceptors (Lipinski definition) is 1. The lowest BCUT2D eigenvalue weighted by Gasteiger charge is -2.11. The van der Waals surface area contributed by atoms with Crippen LogP contribution < -0.4 is 5.32 Å². The third-order valence-electron chi connectivity index (χ3n) is 3.81. The summed E-state index contributed by atoms with van der Waals surface area (Å²) in [6.07, 6.45) is 3.79. The molecule has 0 aliphatic heterocycles. The van der Waals surface area contributed by atoms with Crippen LogP contribution in [0, 0.1) is 0 Å². The van der Waals surface area contributed by atoms with Crippen LogP contribution in [0.15, 0.2) is 42.5 Å². The molecule has 1 N–H and O–H groups in total. The van der Waals surface area contributed by atoms with E-state index in [4.69, 9.17) is 11.6 Å². The van der Waals surface area contributed by atoms with Crippen LogP contribution in [0.4, 0.5) is 5.69 Å². The molecule has 0 radical (unpaired) electrons. The summed E-state index contributed by atoms with van der Waals surface area (Å²) in [6.45, 7) is 0.862. The lowest BCUT2D eigenvalue weighted by molar-refractivity contribution is 0.911. The lowest BCUT2D eigenvalue weighted by atomic mass is 10.1. The summed E-state index contributed by atoms with van der Waals surface area (Å²) in [7, 11) is 0. The molecule has 0 bridgehead atoms. The SMILES string of the molecule is ClCc1ccccc1NCc1ccc2c(c1)CCC2. The highest BCUT2D eigenvalue weighted by atomic mass is 35.5. The fourth-order valence-corrected chi connectivity index (χ4v) is 2.97. The zero-order valence-electron chi connectivity index (χ0n) is 11.0. The highest BCUT2D eigenvalue weighted by molar-refractivity contribution is 6.17. The van der Waals surface area contributed by atoms with Crippen molar-refractivity contribution >= 4 is 17.3 Å². The van der Waals surface area contributed by atoms with Gasteiger partial charge in [0, 0.05) is 18.1 Å². The molecule has 3 rings (SSSR count). The summed E-state index contributed by atoms with van der Waals surface area (Å²) < 4.78 is 0. The molecule has 2 heteroatoms. The molecule has 1 aliphatic carbocycles. The highest BCUT2D eigenvalue weighted by Crippen LogP contribution is 2.24. The van der Waals surface area contributed by atoms with Crippen LogP contribution in [0.3, 0.4) is 0 Å². The minimum atomic E-state index is 0.549. The molecule has 1 nitrogen and oxygen atoms in total. The maximum Gasteiger partial charge on any atom is 0.0494 e. The van der Waals surface area contributed by atoms with Gasteiger partial charge in [-0.2, -0.15) is 0 Å². The molecule has 0 fully saturated rings. The first-order valence-electron chi connectivity index (χ1n) is 6.85. The van der Waals surface area contributed by atoms with Crippen molar-refractivity contribution in [2.24, 2.45) is 0 Å². The molecule has 2 aromatic rings. The van der Waals surface area contributed by atoms with Crippen molar-refractivity contribution in [3.63, 3.8) is 0 Å². The van der Waals surface area contributed by atoms with E-state index in [0.29, 0.717) is 5.88 Å². The fourth-order valence-electron chi connectivity index (χ4n) is 2.74. The molecular formula is C17H18ClN. The van der Waals surface area contributed by atoms with Crippen LogP contribution in [0.5, 0.6) is 0 Å². The second-order valence-electron chi connectivity index (χ2n) is 5.10. The van der Waals surface area contributed by atoms with E-state index in [1.807, 2.05) is 12.1 Å². The largest absolute Gasteiger partial charge is 0.381 e. The summed E-state index contributed by atoms with van der Waals surface area (Å²) in [5, 5.41) is 3.49. The van der Waals surface area contributed by atoms with E-state index in [1.165, 1.54) is 36.0 Å². The summed E-state index contributed by atoms with van der Waals surface area (Å²) in [5.41, 5.74) is 6.71. The average Bonchev–Trinajstić information content (AvgIpc) is 2.93. The van der Waals surface area contributed by atoms with Gasteiger partial charge in [0.25, 0.3) is 0 Å². The first-order chi connectivity index (χ1) is 9.36. The Morgan fingerprint density at radius 3 is 2.74 bits per heavy atom. The summed E-state index contributed by atoms with van der Waals surface area (Å²) >= 11 is 5.95. The van der Waals surface area contributed by atoms with Gasteiger partial charge < -0.3 is 5.32 Å². The predicted octanol–water partition coefficient (Wildman–Crippen LogP) is 4.53. The van der Waals surface area contributed by atoms with Crippen molar-refractivity contribution in [2.75, 3.05) is 5.32 Å². The van der Waals surface area contributed by atoms with E-state index in [2.05, 4.69) is 35.6 Å². The molecule has 0 saturated carbocycles.